The molecule has 0 unspecified atom stereocenters. The molecule has 2 nitrogen and oxygen atoms in total. The predicted molar refractivity (Wildman–Crippen MR) is 53.1 cm³/mol. The molecule has 2 aromatic rings. The molecule has 12 heavy (non-hydrogen) atoms. The average Bonchev–Trinajstić information content (AvgIpc) is 2.58. The van der Waals surface area contributed by atoms with E-state index in [0.29, 0.717) is 0 Å². The summed E-state index contributed by atoms with van der Waals surface area (Å²) >= 11 is 1.62. The van der Waals surface area contributed by atoms with Crippen LogP contribution in [0.15, 0.2) is 30.6 Å². The van der Waals surface area contributed by atoms with Gasteiger partial charge in [-0.1, -0.05) is 0 Å². The summed E-state index contributed by atoms with van der Waals surface area (Å²) in [5.41, 5.74) is 6.87. The third kappa shape index (κ3) is 1.23. The molecule has 0 aromatic carbocycles. The number of rotatable bonds is 1. The van der Waals surface area contributed by atoms with Crippen LogP contribution in [0.1, 0.15) is 0 Å². The van der Waals surface area contributed by atoms with Crippen LogP contribution in [0.5, 0.6) is 0 Å². The highest BCUT2D eigenvalue weighted by molar-refractivity contribution is 7.19. The first-order valence-corrected chi connectivity index (χ1v) is 4.55. The van der Waals surface area contributed by atoms with E-state index in [0.717, 1.165) is 5.00 Å². The van der Waals surface area contributed by atoms with Gasteiger partial charge in [0.05, 0.1) is 5.00 Å². The second-order valence-electron chi connectivity index (χ2n) is 2.77. The zero-order valence-corrected chi connectivity index (χ0v) is 7.64. The summed E-state index contributed by atoms with van der Waals surface area (Å²) in [6, 6.07) is 6.08. The molecule has 0 saturated heterocycles. The Hall–Kier alpha value is -1.22. The molecular formula is C9H10N2S. The first-order chi connectivity index (χ1) is 5.75. The maximum Gasteiger partial charge on any atom is 0.0862 e. The third-order valence-electron chi connectivity index (χ3n) is 1.74. The van der Waals surface area contributed by atoms with Crippen molar-refractivity contribution in [2.75, 3.05) is 5.73 Å². The molecule has 0 saturated carbocycles. The van der Waals surface area contributed by atoms with E-state index in [1.807, 2.05) is 23.9 Å². The molecule has 2 heterocycles. The minimum atomic E-state index is 0.869. The second kappa shape index (κ2) is 2.68. The zero-order chi connectivity index (χ0) is 8.55. The van der Waals surface area contributed by atoms with Crippen LogP contribution < -0.4 is 5.73 Å². The average molecular weight is 178 g/mol. The molecule has 2 N–H and O–H groups in total. The molecule has 0 spiro atoms. The number of hydrogen-bond donors (Lipinski definition) is 1. The van der Waals surface area contributed by atoms with E-state index in [9.17, 15) is 0 Å². The van der Waals surface area contributed by atoms with Crippen molar-refractivity contribution in [3.05, 3.63) is 30.6 Å². The largest absolute Gasteiger partial charge is 0.391 e. The van der Waals surface area contributed by atoms with E-state index in [2.05, 4.69) is 18.3 Å². The Bertz CT molecular complexity index is 348. The minimum absolute atomic E-state index is 0.869. The van der Waals surface area contributed by atoms with Gasteiger partial charge < -0.3 is 10.3 Å². The SMILES string of the molecule is Cn1ccc(-c2ccc(N)s2)c1. The van der Waals surface area contributed by atoms with Gasteiger partial charge in [-0.3, -0.25) is 0 Å². The lowest BCUT2D eigenvalue weighted by Crippen LogP contribution is -1.77. The van der Waals surface area contributed by atoms with Gasteiger partial charge in [-0.05, 0) is 18.2 Å². The molecule has 0 atom stereocenters. The third-order valence-corrected chi connectivity index (χ3v) is 2.71. The number of aryl methyl sites for hydroxylation is 1. The highest BCUT2D eigenvalue weighted by atomic mass is 32.1. The molecule has 3 heteroatoms. The normalized spacial score (nSPS) is 10.4. The van der Waals surface area contributed by atoms with E-state index in [-0.39, 0.29) is 0 Å². The maximum atomic E-state index is 5.63. The summed E-state index contributed by atoms with van der Waals surface area (Å²) in [6.07, 6.45) is 4.12. The summed E-state index contributed by atoms with van der Waals surface area (Å²) in [5, 5.41) is 0.869. The van der Waals surface area contributed by atoms with Crippen LogP contribution in [0, 0.1) is 0 Å². The Labute approximate surface area is 75.3 Å². The Morgan fingerprint density at radius 3 is 2.67 bits per heavy atom. The predicted octanol–water partition coefficient (Wildman–Crippen LogP) is 2.34. The van der Waals surface area contributed by atoms with Crippen LogP contribution >= 0.6 is 11.3 Å². The highest BCUT2D eigenvalue weighted by Gasteiger charge is 2.00. The molecule has 0 fully saturated rings. The topological polar surface area (TPSA) is 30.9 Å². The lowest BCUT2D eigenvalue weighted by Gasteiger charge is -1.88. The summed E-state index contributed by atoms with van der Waals surface area (Å²) in [4.78, 5) is 1.23. The first kappa shape index (κ1) is 7.43. The Kier molecular flexibility index (Phi) is 1.66. The fourth-order valence-electron chi connectivity index (χ4n) is 1.16. The van der Waals surface area contributed by atoms with Crippen molar-refractivity contribution in [3.63, 3.8) is 0 Å². The first-order valence-electron chi connectivity index (χ1n) is 3.73. The van der Waals surface area contributed by atoms with Crippen LogP contribution in [-0.2, 0) is 7.05 Å². The number of anilines is 1. The van der Waals surface area contributed by atoms with E-state index < -0.39 is 0 Å². The number of nitrogens with zero attached hydrogens (tertiary/aromatic N) is 1. The molecule has 0 aliphatic heterocycles. The highest BCUT2D eigenvalue weighted by Crippen LogP contribution is 2.29. The molecule has 0 aliphatic carbocycles. The molecule has 62 valence electrons. The lowest BCUT2D eigenvalue weighted by molar-refractivity contribution is 0.929. The summed E-state index contributed by atoms with van der Waals surface area (Å²) in [7, 11) is 2.01. The van der Waals surface area contributed by atoms with Crippen LogP contribution in [0.25, 0.3) is 10.4 Å². The number of nitrogen functional groups attached to an aromatic ring is 1. The van der Waals surface area contributed by atoms with E-state index in [1.54, 1.807) is 11.3 Å². The van der Waals surface area contributed by atoms with E-state index in [1.165, 1.54) is 10.4 Å². The van der Waals surface area contributed by atoms with Crippen molar-refractivity contribution in [1.29, 1.82) is 0 Å². The van der Waals surface area contributed by atoms with Gasteiger partial charge in [0.2, 0.25) is 0 Å². The van der Waals surface area contributed by atoms with Crippen molar-refractivity contribution in [2.45, 2.75) is 0 Å². The maximum absolute atomic E-state index is 5.63. The fraction of sp³-hybridized carbons (Fsp3) is 0.111. The van der Waals surface area contributed by atoms with Crippen molar-refractivity contribution in [1.82, 2.24) is 4.57 Å². The van der Waals surface area contributed by atoms with Crippen molar-refractivity contribution >= 4 is 16.3 Å². The van der Waals surface area contributed by atoms with Crippen LogP contribution in [0.3, 0.4) is 0 Å². The lowest BCUT2D eigenvalue weighted by atomic mass is 10.3. The zero-order valence-electron chi connectivity index (χ0n) is 6.82. The fourth-order valence-corrected chi connectivity index (χ4v) is 1.92. The molecule has 0 amide bonds. The molecule has 0 bridgehead atoms. The van der Waals surface area contributed by atoms with Crippen LogP contribution in [-0.4, -0.2) is 4.57 Å². The van der Waals surface area contributed by atoms with Gasteiger partial charge >= 0.3 is 0 Å². The minimum Gasteiger partial charge on any atom is -0.391 e. The second-order valence-corrected chi connectivity index (χ2v) is 3.88. The summed E-state index contributed by atoms with van der Waals surface area (Å²) < 4.78 is 2.03. The Morgan fingerprint density at radius 2 is 2.17 bits per heavy atom. The standard InChI is InChI=1S/C9H10N2S/c1-11-5-4-7(6-11)8-2-3-9(10)12-8/h2-6H,10H2,1H3. The van der Waals surface area contributed by atoms with E-state index in [4.69, 9.17) is 5.73 Å². The molecular weight excluding hydrogens is 168 g/mol. The number of aromatic nitrogens is 1. The Balaban J connectivity index is 2.43. The molecule has 0 radical (unpaired) electrons. The van der Waals surface area contributed by atoms with Crippen LogP contribution in [0.4, 0.5) is 5.00 Å². The Morgan fingerprint density at radius 1 is 1.33 bits per heavy atom. The summed E-state index contributed by atoms with van der Waals surface area (Å²) in [5.74, 6) is 0. The van der Waals surface area contributed by atoms with Crippen molar-refractivity contribution < 1.29 is 0 Å². The monoisotopic (exact) mass is 178 g/mol. The van der Waals surface area contributed by atoms with Gasteiger partial charge in [0, 0.05) is 29.9 Å². The van der Waals surface area contributed by atoms with Gasteiger partial charge in [0.25, 0.3) is 0 Å². The molecule has 2 aromatic heterocycles. The van der Waals surface area contributed by atoms with Gasteiger partial charge in [0.15, 0.2) is 0 Å². The quantitative estimate of drug-likeness (QED) is 0.714. The van der Waals surface area contributed by atoms with Gasteiger partial charge in [-0.25, -0.2) is 0 Å². The smallest absolute Gasteiger partial charge is 0.0862 e. The molecule has 2 rings (SSSR count). The number of nitrogens with two attached hydrogens (primary N) is 1. The van der Waals surface area contributed by atoms with Gasteiger partial charge in [0.1, 0.15) is 0 Å². The van der Waals surface area contributed by atoms with Crippen molar-refractivity contribution in [2.24, 2.45) is 7.05 Å². The molecule has 0 aliphatic rings. The number of hydrogen-bond acceptors (Lipinski definition) is 2. The van der Waals surface area contributed by atoms with Crippen molar-refractivity contribution in [3.8, 4) is 10.4 Å². The van der Waals surface area contributed by atoms with Crippen LogP contribution in [0.2, 0.25) is 0 Å². The van der Waals surface area contributed by atoms with Gasteiger partial charge in [-0.15, -0.1) is 11.3 Å². The number of thiophene rings is 1. The van der Waals surface area contributed by atoms with Gasteiger partial charge in [-0.2, -0.15) is 0 Å². The van der Waals surface area contributed by atoms with E-state index >= 15 is 0 Å². The summed E-state index contributed by atoms with van der Waals surface area (Å²) in [6.45, 7) is 0.